The van der Waals surface area contributed by atoms with Gasteiger partial charge in [-0.1, -0.05) is 0 Å². The van der Waals surface area contributed by atoms with E-state index < -0.39 is 0 Å². The molecule has 0 radical (unpaired) electrons. The maximum Gasteiger partial charge on any atom is 0.232 e. The molecule has 1 rings (SSSR count). The number of hydrogen-bond donors (Lipinski definition) is 0. The van der Waals surface area contributed by atoms with E-state index in [1.165, 1.54) is 0 Å². The van der Waals surface area contributed by atoms with Crippen molar-refractivity contribution >= 4 is 27.5 Å². The van der Waals surface area contributed by atoms with Crippen LogP contribution in [0.15, 0.2) is 10.7 Å². The summed E-state index contributed by atoms with van der Waals surface area (Å²) in [5.41, 5.74) is 0. The SMILES string of the molecule is CN(C)CCCOc1nc(Cl)ncc1Br. The van der Waals surface area contributed by atoms with Gasteiger partial charge in [0.2, 0.25) is 11.2 Å². The zero-order valence-corrected chi connectivity index (χ0v) is 11.0. The van der Waals surface area contributed by atoms with Crippen LogP contribution in [-0.4, -0.2) is 42.1 Å². The van der Waals surface area contributed by atoms with E-state index in [0.717, 1.165) is 17.4 Å². The van der Waals surface area contributed by atoms with E-state index >= 15 is 0 Å². The van der Waals surface area contributed by atoms with Crippen LogP contribution in [0.2, 0.25) is 5.28 Å². The summed E-state index contributed by atoms with van der Waals surface area (Å²) in [6, 6.07) is 0. The van der Waals surface area contributed by atoms with Gasteiger partial charge in [0, 0.05) is 12.7 Å². The van der Waals surface area contributed by atoms with Crippen molar-refractivity contribution in [2.24, 2.45) is 0 Å². The molecule has 0 saturated heterocycles. The molecular weight excluding hydrogens is 281 g/mol. The number of ether oxygens (including phenoxy) is 1. The van der Waals surface area contributed by atoms with E-state index in [9.17, 15) is 0 Å². The Hall–Kier alpha value is -0.390. The predicted octanol–water partition coefficient (Wildman–Crippen LogP) is 2.22. The molecule has 0 fully saturated rings. The number of rotatable bonds is 5. The Kier molecular flexibility index (Phi) is 5.28. The second kappa shape index (κ2) is 6.25. The zero-order valence-electron chi connectivity index (χ0n) is 8.70. The lowest BCUT2D eigenvalue weighted by Gasteiger charge is -2.10. The molecule has 0 aliphatic rings. The highest BCUT2D eigenvalue weighted by molar-refractivity contribution is 9.10. The van der Waals surface area contributed by atoms with Crippen LogP contribution in [0.3, 0.4) is 0 Å². The number of nitrogens with zero attached hydrogens (tertiary/aromatic N) is 3. The Morgan fingerprint density at radius 2 is 2.27 bits per heavy atom. The van der Waals surface area contributed by atoms with E-state index in [0.29, 0.717) is 12.5 Å². The van der Waals surface area contributed by atoms with Crippen molar-refractivity contribution in [2.45, 2.75) is 6.42 Å². The Labute approximate surface area is 103 Å². The molecule has 1 heterocycles. The average Bonchev–Trinajstić information content (AvgIpc) is 2.17. The largest absolute Gasteiger partial charge is 0.477 e. The molecule has 15 heavy (non-hydrogen) atoms. The second-order valence-electron chi connectivity index (χ2n) is 3.30. The summed E-state index contributed by atoms with van der Waals surface area (Å²) in [5, 5.41) is 0.195. The third kappa shape index (κ3) is 4.77. The maximum atomic E-state index is 5.65. The van der Waals surface area contributed by atoms with Crippen LogP contribution >= 0.6 is 27.5 Å². The van der Waals surface area contributed by atoms with Crippen molar-refractivity contribution in [2.75, 3.05) is 27.2 Å². The zero-order chi connectivity index (χ0) is 11.3. The van der Waals surface area contributed by atoms with Crippen LogP contribution in [0.25, 0.3) is 0 Å². The first kappa shape index (κ1) is 12.7. The Bertz CT molecular complexity index is 322. The highest BCUT2D eigenvalue weighted by Crippen LogP contribution is 2.22. The molecule has 0 aromatic carbocycles. The first-order valence-corrected chi connectivity index (χ1v) is 5.72. The van der Waals surface area contributed by atoms with Crippen molar-refractivity contribution in [3.8, 4) is 5.88 Å². The lowest BCUT2D eigenvalue weighted by Crippen LogP contribution is -2.15. The highest BCUT2D eigenvalue weighted by atomic mass is 79.9. The van der Waals surface area contributed by atoms with Crippen LogP contribution in [0.1, 0.15) is 6.42 Å². The standard InChI is InChI=1S/C9H13BrClN3O/c1-14(2)4-3-5-15-8-7(10)6-12-9(11)13-8/h6H,3-5H2,1-2H3. The van der Waals surface area contributed by atoms with Gasteiger partial charge in [0.15, 0.2) is 0 Å². The fourth-order valence-corrected chi connectivity index (χ4v) is 1.41. The van der Waals surface area contributed by atoms with Gasteiger partial charge in [-0.05, 0) is 48.0 Å². The fourth-order valence-electron chi connectivity index (χ4n) is 0.982. The van der Waals surface area contributed by atoms with Crippen molar-refractivity contribution in [3.63, 3.8) is 0 Å². The lowest BCUT2D eigenvalue weighted by molar-refractivity contribution is 0.271. The minimum Gasteiger partial charge on any atom is -0.477 e. The third-order valence-corrected chi connectivity index (χ3v) is 2.40. The molecule has 1 aromatic heterocycles. The monoisotopic (exact) mass is 293 g/mol. The summed E-state index contributed by atoms with van der Waals surface area (Å²) in [7, 11) is 4.05. The first-order chi connectivity index (χ1) is 7.09. The van der Waals surface area contributed by atoms with Gasteiger partial charge in [0.05, 0.1) is 11.1 Å². The minimum absolute atomic E-state index is 0.195. The fraction of sp³-hybridized carbons (Fsp3) is 0.556. The Morgan fingerprint density at radius 3 is 2.93 bits per heavy atom. The van der Waals surface area contributed by atoms with Gasteiger partial charge in [-0.3, -0.25) is 0 Å². The quantitative estimate of drug-likeness (QED) is 0.616. The molecule has 1 aromatic rings. The molecule has 0 spiro atoms. The molecule has 0 saturated carbocycles. The van der Waals surface area contributed by atoms with Crippen LogP contribution < -0.4 is 4.74 Å². The summed E-state index contributed by atoms with van der Waals surface area (Å²) < 4.78 is 6.18. The molecule has 84 valence electrons. The first-order valence-electron chi connectivity index (χ1n) is 4.55. The highest BCUT2D eigenvalue weighted by Gasteiger charge is 2.04. The van der Waals surface area contributed by atoms with Crippen LogP contribution in [-0.2, 0) is 0 Å². The number of halogens is 2. The molecule has 0 amide bonds. The van der Waals surface area contributed by atoms with E-state index in [2.05, 4.69) is 30.8 Å². The van der Waals surface area contributed by atoms with E-state index in [4.69, 9.17) is 16.3 Å². The van der Waals surface area contributed by atoms with E-state index in [-0.39, 0.29) is 5.28 Å². The Balaban J connectivity index is 2.40. The molecule has 0 unspecified atom stereocenters. The summed E-state index contributed by atoms with van der Waals surface area (Å²) in [5.74, 6) is 0.494. The smallest absolute Gasteiger partial charge is 0.232 e. The van der Waals surface area contributed by atoms with Gasteiger partial charge < -0.3 is 9.64 Å². The molecule has 0 bridgehead atoms. The summed E-state index contributed by atoms with van der Waals surface area (Å²) in [6.07, 6.45) is 2.53. The molecule has 0 aliphatic carbocycles. The summed E-state index contributed by atoms with van der Waals surface area (Å²) in [6.45, 7) is 1.60. The van der Waals surface area contributed by atoms with Gasteiger partial charge in [0.25, 0.3) is 0 Å². The topological polar surface area (TPSA) is 38.2 Å². The third-order valence-electron chi connectivity index (χ3n) is 1.67. The molecule has 0 aliphatic heterocycles. The summed E-state index contributed by atoms with van der Waals surface area (Å²) in [4.78, 5) is 9.88. The van der Waals surface area contributed by atoms with Gasteiger partial charge in [-0.15, -0.1) is 0 Å². The molecule has 4 nitrogen and oxygen atoms in total. The van der Waals surface area contributed by atoms with Gasteiger partial charge in [-0.2, -0.15) is 4.98 Å². The van der Waals surface area contributed by atoms with E-state index in [1.807, 2.05) is 14.1 Å². The number of hydrogen-bond acceptors (Lipinski definition) is 4. The van der Waals surface area contributed by atoms with Gasteiger partial charge in [-0.25, -0.2) is 4.98 Å². The van der Waals surface area contributed by atoms with E-state index in [1.54, 1.807) is 6.20 Å². The molecular formula is C9H13BrClN3O. The molecule has 0 atom stereocenters. The maximum absolute atomic E-state index is 5.65. The normalized spacial score (nSPS) is 10.7. The summed E-state index contributed by atoms with van der Waals surface area (Å²) >= 11 is 8.94. The van der Waals surface area contributed by atoms with Crippen molar-refractivity contribution in [1.82, 2.24) is 14.9 Å². The lowest BCUT2D eigenvalue weighted by atomic mass is 10.4. The second-order valence-corrected chi connectivity index (χ2v) is 4.49. The van der Waals surface area contributed by atoms with Gasteiger partial charge in [0.1, 0.15) is 0 Å². The van der Waals surface area contributed by atoms with Gasteiger partial charge >= 0.3 is 0 Å². The average molecular weight is 295 g/mol. The van der Waals surface area contributed by atoms with Crippen molar-refractivity contribution in [3.05, 3.63) is 16.0 Å². The van der Waals surface area contributed by atoms with Crippen LogP contribution in [0.4, 0.5) is 0 Å². The molecule has 0 N–H and O–H groups in total. The van der Waals surface area contributed by atoms with Crippen molar-refractivity contribution < 1.29 is 4.74 Å². The molecule has 6 heteroatoms. The number of aromatic nitrogens is 2. The van der Waals surface area contributed by atoms with Crippen LogP contribution in [0, 0.1) is 0 Å². The minimum atomic E-state index is 0.195. The predicted molar refractivity (Wildman–Crippen MR) is 63.4 cm³/mol. The van der Waals surface area contributed by atoms with Crippen molar-refractivity contribution in [1.29, 1.82) is 0 Å². The Morgan fingerprint density at radius 1 is 1.53 bits per heavy atom. The van der Waals surface area contributed by atoms with Crippen LogP contribution in [0.5, 0.6) is 5.88 Å².